The van der Waals surface area contributed by atoms with E-state index in [1.165, 1.54) is 33.6 Å². The number of rotatable bonds is 13. The zero-order valence-corrected chi connectivity index (χ0v) is 35.7. The second-order valence-corrected chi connectivity index (χ2v) is 17.4. The zero-order valence-electron chi connectivity index (χ0n) is 34.6. The number of hydrogen-bond acceptors (Lipinski definition) is 1. The number of nitrogens with zero attached hydrogens (tertiary/aromatic N) is 3. The molecule has 52 heavy (non-hydrogen) atoms. The average molecular weight is 744 g/mol. The molecular formula is C47H67FeN4. The predicted molar refractivity (Wildman–Crippen MR) is 226 cm³/mol. The molecular weight excluding hydrogens is 676 g/mol. The molecule has 5 heteroatoms. The van der Waals surface area contributed by atoms with Crippen LogP contribution in [0.3, 0.4) is 0 Å². The van der Waals surface area contributed by atoms with Crippen LogP contribution in [0, 0.1) is 10.8 Å². The first-order chi connectivity index (χ1) is 23.9. The summed E-state index contributed by atoms with van der Waals surface area (Å²) in [7, 11) is 0. The summed E-state index contributed by atoms with van der Waals surface area (Å²) in [6.45, 7) is 32.3. The SMILES string of the molecule is CC(C)c1cccc(C(C)C)c1[N-]C(CC([N-]c1c(C(C)C)cccc1C(C)C)C(C)(C)C)C(C)(C)C.[Fe+3].c1ccc([N-]Nc2ccccc2)cc1. The van der Waals surface area contributed by atoms with E-state index in [4.69, 9.17) is 10.6 Å². The Bertz CT molecular complexity index is 1420. The third-order valence-corrected chi connectivity index (χ3v) is 9.54. The minimum Gasteiger partial charge on any atom is -0.681 e. The molecule has 2 unspecified atom stereocenters. The molecule has 0 aliphatic carbocycles. The van der Waals surface area contributed by atoms with E-state index in [0.29, 0.717) is 23.7 Å². The minimum absolute atomic E-state index is 0. The molecule has 0 fully saturated rings. The number of anilines is 1. The first-order valence-corrected chi connectivity index (χ1v) is 19.1. The van der Waals surface area contributed by atoms with Gasteiger partial charge < -0.3 is 21.5 Å². The average Bonchev–Trinajstić information content (AvgIpc) is 3.06. The molecule has 0 spiro atoms. The fourth-order valence-electron chi connectivity index (χ4n) is 6.19. The summed E-state index contributed by atoms with van der Waals surface area (Å²) in [5, 5.41) is 11.2. The Morgan fingerprint density at radius 2 is 0.788 bits per heavy atom. The van der Waals surface area contributed by atoms with Crippen molar-refractivity contribution >= 4 is 22.7 Å². The predicted octanol–water partition coefficient (Wildman–Crippen LogP) is 15.8. The van der Waals surface area contributed by atoms with E-state index >= 15 is 0 Å². The normalized spacial score (nSPS) is 12.9. The molecule has 0 saturated carbocycles. The monoisotopic (exact) mass is 743 g/mol. The second kappa shape index (κ2) is 20.2. The smallest absolute Gasteiger partial charge is 0.681 e. The number of hydrogen-bond donors (Lipinski definition) is 1. The molecule has 0 bridgehead atoms. The molecule has 0 saturated heterocycles. The molecule has 0 amide bonds. The van der Waals surface area contributed by atoms with Crippen molar-refractivity contribution in [2.24, 2.45) is 10.8 Å². The molecule has 4 aromatic carbocycles. The molecule has 0 aromatic heterocycles. The van der Waals surface area contributed by atoms with Crippen LogP contribution in [0.2, 0.25) is 0 Å². The van der Waals surface area contributed by atoms with E-state index in [9.17, 15) is 0 Å². The summed E-state index contributed by atoms with van der Waals surface area (Å²) < 4.78 is 0. The maximum absolute atomic E-state index is 5.62. The standard InChI is InChI=1S/C35H56N2.C12H11N2.Fe/c1-22(2)26-17-15-18-27(23(3)4)32(26)36-30(34(9,10)11)21-31(35(12,13)14)37-33-28(24(5)6)19-16-20-29(33)25(7)8;1-3-7-11(8-4-1)13-14-12-9-5-2-6-10-12;/h15-20,22-25,30-31H,21H2,1-14H3;1-10,13H;/q-2;-1;+3. The van der Waals surface area contributed by atoms with Gasteiger partial charge in [0.1, 0.15) is 0 Å². The Morgan fingerprint density at radius 1 is 0.462 bits per heavy atom. The fraction of sp³-hybridized carbons (Fsp3) is 0.489. The first-order valence-electron chi connectivity index (χ1n) is 19.1. The van der Waals surface area contributed by atoms with Crippen molar-refractivity contribution in [3.63, 3.8) is 0 Å². The summed E-state index contributed by atoms with van der Waals surface area (Å²) in [5.41, 5.74) is 17.0. The van der Waals surface area contributed by atoms with Crippen LogP contribution in [0.4, 0.5) is 22.7 Å². The third-order valence-electron chi connectivity index (χ3n) is 9.54. The molecule has 0 aliphatic heterocycles. The van der Waals surface area contributed by atoms with E-state index in [1.807, 2.05) is 60.7 Å². The van der Waals surface area contributed by atoms with Gasteiger partial charge in [0.25, 0.3) is 0 Å². The van der Waals surface area contributed by atoms with Crippen LogP contribution in [-0.4, -0.2) is 12.1 Å². The van der Waals surface area contributed by atoms with Crippen LogP contribution >= 0.6 is 0 Å². The maximum Gasteiger partial charge on any atom is 3.00 e. The van der Waals surface area contributed by atoms with Gasteiger partial charge in [-0.25, -0.2) is 0 Å². The van der Waals surface area contributed by atoms with Crippen LogP contribution in [0.15, 0.2) is 97.1 Å². The summed E-state index contributed by atoms with van der Waals surface area (Å²) >= 11 is 0. The van der Waals surface area contributed by atoms with Gasteiger partial charge in [-0.3, -0.25) is 0 Å². The molecule has 0 aliphatic rings. The Hall–Kier alpha value is -3.40. The van der Waals surface area contributed by atoms with Crippen LogP contribution < -0.4 is 5.43 Å². The van der Waals surface area contributed by atoms with Crippen molar-refractivity contribution in [2.75, 3.05) is 5.43 Å². The van der Waals surface area contributed by atoms with Gasteiger partial charge in [-0.05, 0) is 35.8 Å². The molecule has 4 nitrogen and oxygen atoms in total. The van der Waals surface area contributed by atoms with Crippen molar-refractivity contribution in [2.45, 2.75) is 139 Å². The van der Waals surface area contributed by atoms with E-state index in [0.717, 1.165) is 17.8 Å². The van der Waals surface area contributed by atoms with Gasteiger partial charge in [0.15, 0.2) is 0 Å². The van der Waals surface area contributed by atoms with E-state index in [1.54, 1.807) is 0 Å². The van der Waals surface area contributed by atoms with Crippen LogP contribution in [0.25, 0.3) is 16.1 Å². The zero-order chi connectivity index (χ0) is 37.9. The van der Waals surface area contributed by atoms with E-state index in [-0.39, 0.29) is 40.0 Å². The van der Waals surface area contributed by atoms with Gasteiger partial charge in [-0.15, -0.1) is 29.1 Å². The summed E-state index contributed by atoms with van der Waals surface area (Å²) in [6.07, 6.45) is 0.931. The number of para-hydroxylation sites is 4. The fourth-order valence-corrected chi connectivity index (χ4v) is 6.19. The minimum atomic E-state index is 0. The Balaban J connectivity index is 0.000000517. The van der Waals surface area contributed by atoms with Gasteiger partial charge >= 0.3 is 17.1 Å². The molecule has 283 valence electrons. The van der Waals surface area contributed by atoms with Crippen molar-refractivity contribution in [3.05, 3.63) is 135 Å². The van der Waals surface area contributed by atoms with Crippen LogP contribution in [-0.2, 0) is 17.1 Å². The largest absolute Gasteiger partial charge is 3.00 e. The van der Waals surface area contributed by atoms with E-state index < -0.39 is 0 Å². The van der Waals surface area contributed by atoms with Crippen molar-refractivity contribution in [1.82, 2.24) is 0 Å². The summed E-state index contributed by atoms with van der Waals surface area (Å²) in [4.78, 5) is 0. The molecule has 2 atom stereocenters. The van der Waals surface area contributed by atoms with E-state index in [2.05, 4.69) is 144 Å². The van der Waals surface area contributed by atoms with Crippen molar-refractivity contribution in [3.8, 4) is 0 Å². The Labute approximate surface area is 329 Å². The number of benzene rings is 4. The van der Waals surface area contributed by atoms with Gasteiger partial charge in [0.05, 0.1) is 0 Å². The van der Waals surface area contributed by atoms with Gasteiger partial charge in [-0.2, -0.15) is 0 Å². The molecule has 4 aromatic rings. The summed E-state index contributed by atoms with van der Waals surface area (Å²) in [6, 6.07) is 33.5. The van der Waals surface area contributed by atoms with Crippen molar-refractivity contribution < 1.29 is 17.1 Å². The van der Waals surface area contributed by atoms with Gasteiger partial charge in [0.2, 0.25) is 0 Å². The Morgan fingerprint density at radius 3 is 1.10 bits per heavy atom. The molecule has 0 heterocycles. The first kappa shape index (κ1) is 44.8. The van der Waals surface area contributed by atoms with Crippen LogP contribution in [0.1, 0.15) is 149 Å². The number of nitrogens with one attached hydrogen (secondary N) is 1. The molecule has 1 radical (unpaired) electrons. The van der Waals surface area contributed by atoms with Crippen molar-refractivity contribution in [1.29, 1.82) is 0 Å². The van der Waals surface area contributed by atoms with Crippen LogP contribution in [0.5, 0.6) is 0 Å². The Kier molecular flexibility index (Phi) is 17.4. The van der Waals surface area contributed by atoms with Gasteiger partial charge in [0, 0.05) is 5.69 Å². The maximum atomic E-state index is 5.62. The second-order valence-electron chi connectivity index (χ2n) is 17.4. The molecule has 1 N–H and O–H groups in total. The van der Waals surface area contributed by atoms with Gasteiger partial charge in [-0.1, -0.05) is 221 Å². The topological polar surface area (TPSA) is 54.3 Å². The third kappa shape index (κ3) is 13.2. The molecule has 4 rings (SSSR count). The quantitative estimate of drug-likeness (QED) is 0.108. The summed E-state index contributed by atoms with van der Waals surface area (Å²) in [5.74, 6) is 1.75.